The quantitative estimate of drug-likeness (QED) is 0.416. The first-order valence-corrected chi connectivity index (χ1v) is 12.5. The van der Waals surface area contributed by atoms with Crippen molar-refractivity contribution in [2.75, 3.05) is 11.9 Å². The third kappa shape index (κ3) is 6.94. The molecule has 11 heteroatoms. The molecule has 0 saturated carbocycles. The van der Waals surface area contributed by atoms with E-state index in [-0.39, 0.29) is 22.9 Å². The van der Waals surface area contributed by atoms with Crippen LogP contribution in [0.1, 0.15) is 11.1 Å². The molecule has 3 rings (SSSR count). The molecule has 3 N–H and O–H groups in total. The van der Waals surface area contributed by atoms with Gasteiger partial charge in [-0.25, -0.2) is 8.42 Å². The Morgan fingerprint density at radius 3 is 2.09 bits per heavy atom. The summed E-state index contributed by atoms with van der Waals surface area (Å²) in [7, 11) is -4.08. The van der Waals surface area contributed by atoms with Gasteiger partial charge in [0.15, 0.2) is 0 Å². The largest absolute Gasteiger partial charge is 0.369 e. The normalized spacial score (nSPS) is 11.4. The highest BCUT2D eigenvalue weighted by Crippen LogP contribution is 2.26. The van der Waals surface area contributed by atoms with Crippen LogP contribution in [0.3, 0.4) is 0 Å². The molecule has 0 radical (unpaired) electrons. The SMILES string of the molecule is NC(=O)Cc1ccc(NC(=O)CN(Cc2ccc(Cl)cc2Cl)S(=O)(=O)c2ccc(Cl)cc2)cc1. The number of benzene rings is 3. The molecule has 7 nitrogen and oxygen atoms in total. The van der Waals surface area contributed by atoms with Crippen LogP contribution in [0.4, 0.5) is 5.69 Å². The minimum absolute atomic E-state index is 0.0226. The van der Waals surface area contributed by atoms with E-state index >= 15 is 0 Å². The van der Waals surface area contributed by atoms with Gasteiger partial charge >= 0.3 is 0 Å². The zero-order valence-electron chi connectivity index (χ0n) is 17.7. The average molecular weight is 541 g/mol. The minimum atomic E-state index is -4.08. The van der Waals surface area contributed by atoms with Gasteiger partial charge in [-0.05, 0) is 59.7 Å². The van der Waals surface area contributed by atoms with Crippen LogP contribution in [0.5, 0.6) is 0 Å². The molecule has 0 heterocycles. The Morgan fingerprint density at radius 2 is 1.50 bits per heavy atom. The van der Waals surface area contributed by atoms with Gasteiger partial charge in [-0.1, -0.05) is 53.0 Å². The summed E-state index contributed by atoms with van der Waals surface area (Å²) in [6.45, 7) is -0.640. The fourth-order valence-electron chi connectivity index (χ4n) is 3.09. The summed E-state index contributed by atoms with van der Waals surface area (Å²) in [6.07, 6.45) is 0.0726. The van der Waals surface area contributed by atoms with Crippen LogP contribution in [0.15, 0.2) is 71.6 Å². The molecule has 0 spiro atoms. The minimum Gasteiger partial charge on any atom is -0.369 e. The summed E-state index contributed by atoms with van der Waals surface area (Å²) in [5, 5.41) is 3.71. The molecule has 0 saturated heterocycles. The first-order chi connectivity index (χ1) is 16.0. The fourth-order valence-corrected chi connectivity index (χ4v) is 5.06. The number of nitrogens with one attached hydrogen (secondary N) is 1. The van der Waals surface area contributed by atoms with Crippen molar-refractivity contribution in [1.82, 2.24) is 4.31 Å². The molecule has 0 bridgehead atoms. The Hall–Kier alpha value is -2.62. The number of amides is 2. The number of nitrogens with zero attached hydrogens (tertiary/aromatic N) is 1. The van der Waals surface area contributed by atoms with Crippen LogP contribution in [0, 0.1) is 0 Å². The maximum Gasteiger partial charge on any atom is 0.243 e. The van der Waals surface area contributed by atoms with Gasteiger partial charge in [0.1, 0.15) is 0 Å². The van der Waals surface area contributed by atoms with E-state index in [2.05, 4.69) is 5.32 Å². The number of anilines is 1. The van der Waals surface area contributed by atoms with Gasteiger partial charge < -0.3 is 11.1 Å². The van der Waals surface area contributed by atoms with Crippen LogP contribution >= 0.6 is 34.8 Å². The number of primary amides is 1. The fraction of sp³-hybridized carbons (Fsp3) is 0.130. The second kappa shape index (κ2) is 11.2. The summed E-state index contributed by atoms with van der Waals surface area (Å²) in [5.74, 6) is -1.04. The van der Waals surface area contributed by atoms with Crippen molar-refractivity contribution in [1.29, 1.82) is 0 Å². The molecule has 0 unspecified atom stereocenters. The Bertz CT molecular complexity index is 1300. The molecule has 0 aliphatic carbocycles. The van der Waals surface area contributed by atoms with Crippen molar-refractivity contribution in [3.05, 3.63) is 92.9 Å². The van der Waals surface area contributed by atoms with E-state index in [0.717, 1.165) is 4.31 Å². The standard InChI is InChI=1S/C23H20Cl3N3O4S/c24-17-5-9-20(10-6-17)34(32,33)29(13-16-3-4-18(25)12-21(16)26)14-23(31)28-19-7-1-15(2-8-19)11-22(27)30/h1-10,12H,11,13-14H2,(H2,27,30)(H,28,31). The zero-order chi connectivity index (χ0) is 24.9. The highest BCUT2D eigenvalue weighted by Gasteiger charge is 2.27. The number of hydrogen-bond donors (Lipinski definition) is 2. The van der Waals surface area contributed by atoms with E-state index in [1.807, 2.05) is 0 Å². The first kappa shape index (κ1) is 26.0. The molecular weight excluding hydrogens is 521 g/mol. The molecule has 0 atom stereocenters. The molecule has 178 valence electrons. The highest BCUT2D eigenvalue weighted by atomic mass is 35.5. The second-order valence-corrected chi connectivity index (χ2v) is 10.6. The molecule has 0 fully saturated rings. The van der Waals surface area contributed by atoms with E-state index in [4.69, 9.17) is 40.5 Å². The van der Waals surface area contributed by atoms with Crippen molar-refractivity contribution < 1.29 is 18.0 Å². The molecule has 34 heavy (non-hydrogen) atoms. The Morgan fingerprint density at radius 1 is 0.882 bits per heavy atom. The Balaban J connectivity index is 1.84. The number of nitrogens with two attached hydrogens (primary N) is 1. The maximum absolute atomic E-state index is 13.4. The topological polar surface area (TPSA) is 110 Å². The number of hydrogen-bond acceptors (Lipinski definition) is 4. The summed E-state index contributed by atoms with van der Waals surface area (Å²) < 4.78 is 27.7. The Kier molecular flexibility index (Phi) is 8.57. The summed E-state index contributed by atoms with van der Waals surface area (Å²) in [6, 6.07) is 16.8. The van der Waals surface area contributed by atoms with Crippen molar-refractivity contribution >= 4 is 62.3 Å². The van der Waals surface area contributed by atoms with E-state index in [1.165, 1.54) is 30.3 Å². The third-order valence-corrected chi connectivity index (χ3v) is 7.39. The van der Waals surface area contributed by atoms with Gasteiger partial charge in [0.2, 0.25) is 21.8 Å². The van der Waals surface area contributed by atoms with Gasteiger partial charge in [0, 0.05) is 27.3 Å². The second-order valence-electron chi connectivity index (χ2n) is 7.35. The molecular formula is C23H20Cl3N3O4S. The number of sulfonamides is 1. The van der Waals surface area contributed by atoms with E-state index < -0.39 is 28.4 Å². The number of halogens is 3. The number of carbonyl (C=O) groups excluding carboxylic acids is 2. The lowest BCUT2D eigenvalue weighted by Crippen LogP contribution is -2.37. The van der Waals surface area contributed by atoms with Crippen LogP contribution in [0.2, 0.25) is 15.1 Å². The van der Waals surface area contributed by atoms with E-state index in [9.17, 15) is 18.0 Å². The summed E-state index contributed by atoms with van der Waals surface area (Å²) >= 11 is 18.1. The number of carbonyl (C=O) groups is 2. The van der Waals surface area contributed by atoms with Crippen LogP contribution in [0.25, 0.3) is 0 Å². The lowest BCUT2D eigenvalue weighted by atomic mass is 10.1. The predicted molar refractivity (Wildman–Crippen MR) is 133 cm³/mol. The monoisotopic (exact) mass is 539 g/mol. The van der Waals surface area contributed by atoms with Crippen molar-refractivity contribution in [2.24, 2.45) is 5.73 Å². The summed E-state index contributed by atoms with van der Waals surface area (Å²) in [4.78, 5) is 23.8. The highest BCUT2D eigenvalue weighted by molar-refractivity contribution is 7.89. The molecule has 3 aromatic carbocycles. The van der Waals surface area contributed by atoms with E-state index in [1.54, 1.807) is 36.4 Å². The molecule has 2 amide bonds. The van der Waals surface area contributed by atoms with Crippen LogP contribution < -0.4 is 11.1 Å². The lowest BCUT2D eigenvalue weighted by Gasteiger charge is -2.22. The maximum atomic E-state index is 13.4. The van der Waals surface area contributed by atoms with Gasteiger partial charge in [-0.2, -0.15) is 4.31 Å². The average Bonchev–Trinajstić information content (AvgIpc) is 2.76. The van der Waals surface area contributed by atoms with Crippen molar-refractivity contribution in [2.45, 2.75) is 17.9 Å². The molecule has 0 aliphatic heterocycles. The van der Waals surface area contributed by atoms with Gasteiger partial charge in [-0.15, -0.1) is 0 Å². The number of rotatable bonds is 9. The van der Waals surface area contributed by atoms with Crippen molar-refractivity contribution in [3.63, 3.8) is 0 Å². The molecule has 0 aromatic heterocycles. The molecule has 3 aromatic rings. The lowest BCUT2D eigenvalue weighted by molar-refractivity contribution is -0.117. The van der Waals surface area contributed by atoms with Gasteiger partial charge in [0.05, 0.1) is 17.9 Å². The van der Waals surface area contributed by atoms with E-state index in [0.29, 0.717) is 26.9 Å². The Labute approximate surface area is 212 Å². The predicted octanol–water partition coefficient (Wildman–Crippen LogP) is 4.50. The summed E-state index contributed by atoms with van der Waals surface area (Å²) in [5.41, 5.74) is 6.79. The first-order valence-electron chi connectivity index (χ1n) is 9.91. The molecule has 0 aliphatic rings. The zero-order valence-corrected chi connectivity index (χ0v) is 20.8. The van der Waals surface area contributed by atoms with Gasteiger partial charge in [0.25, 0.3) is 0 Å². The third-order valence-electron chi connectivity index (χ3n) is 4.75. The van der Waals surface area contributed by atoms with Crippen molar-refractivity contribution in [3.8, 4) is 0 Å². The van der Waals surface area contributed by atoms with Crippen LogP contribution in [-0.2, 0) is 32.6 Å². The smallest absolute Gasteiger partial charge is 0.243 e. The van der Waals surface area contributed by atoms with Crippen LogP contribution in [-0.4, -0.2) is 31.1 Å². The van der Waals surface area contributed by atoms with Gasteiger partial charge in [-0.3, -0.25) is 9.59 Å².